The van der Waals surface area contributed by atoms with E-state index < -0.39 is 0 Å². The van der Waals surface area contributed by atoms with E-state index in [1.165, 1.54) is 19.3 Å². The monoisotopic (exact) mass is 213 g/mol. The van der Waals surface area contributed by atoms with Crippen LogP contribution in [0.5, 0.6) is 0 Å². The average Bonchev–Trinajstić information content (AvgIpc) is 2.19. The van der Waals surface area contributed by atoms with E-state index in [-0.39, 0.29) is 17.4 Å². The summed E-state index contributed by atoms with van der Waals surface area (Å²) in [7, 11) is 0. The summed E-state index contributed by atoms with van der Waals surface area (Å²) in [5, 5.41) is 0. The molecule has 0 bridgehead atoms. The Morgan fingerprint density at radius 3 is 2.47 bits per heavy atom. The molecule has 1 rings (SSSR count). The molecule has 88 valence electrons. The quantitative estimate of drug-likeness (QED) is 0.729. The largest absolute Gasteiger partial charge is 0.466 e. The van der Waals surface area contributed by atoms with Crippen molar-refractivity contribution in [1.29, 1.82) is 0 Å². The van der Waals surface area contributed by atoms with Crippen LogP contribution >= 0.6 is 0 Å². The van der Waals surface area contributed by atoms with Gasteiger partial charge in [-0.15, -0.1) is 0 Å². The SMILES string of the molecule is CCOC(=O)CC1(C(C)N)CCCCC1. The normalized spacial score (nSPS) is 22.1. The highest BCUT2D eigenvalue weighted by molar-refractivity contribution is 5.70. The summed E-state index contributed by atoms with van der Waals surface area (Å²) < 4.78 is 5.03. The predicted molar refractivity (Wildman–Crippen MR) is 60.4 cm³/mol. The topological polar surface area (TPSA) is 52.3 Å². The predicted octanol–water partition coefficient (Wildman–Crippen LogP) is 2.24. The molecule has 15 heavy (non-hydrogen) atoms. The maximum Gasteiger partial charge on any atom is 0.306 e. The lowest BCUT2D eigenvalue weighted by atomic mass is 9.68. The third-order valence-corrected chi connectivity index (χ3v) is 3.62. The van der Waals surface area contributed by atoms with Crippen molar-refractivity contribution in [1.82, 2.24) is 0 Å². The Balaban J connectivity index is 2.60. The minimum atomic E-state index is -0.0864. The molecule has 0 heterocycles. The van der Waals surface area contributed by atoms with Gasteiger partial charge in [0.2, 0.25) is 0 Å². The number of hydrogen-bond acceptors (Lipinski definition) is 3. The van der Waals surface area contributed by atoms with Crippen LogP contribution in [0.15, 0.2) is 0 Å². The standard InChI is InChI=1S/C12H23NO2/c1-3-15-11(14)9-12(10(2)13)7-5-4-6-8-12/h10H,3-9,13H2,1-2H3. The minimum absolute atomic E-state index is 0.00447. The first-order valence-corrected chi connectivity index (χ1v) is 6.02. The van der Waals surface area contributed by atoms with E-state index in [9.17, 15) is 4.79 Å². The lowest BCUT2D eigenvalue weighted by Gasteiger charge is -2.39. The average molecular weight is 213 g/mol. The van der Waals surface area contributed by atoms with Gasteiger partial charge in [0, 0.05) is 6.04 Å². The number of hydrogen-bond donors (Lipinski definition) is 1. The van der Waals surface area contributed by atoms with Crippen molar-refractivity contribution in [2.75, 3.05) is 6.61 Å². The van der Waals surface area contributed by atoms with Crippen LogP contribution in [0.2, 0.25) is 0 Å². The van der Waals surface area contributed by atoms with E-state index in [1.54, 1.807) is 0 Å². The molecule has 0 aromatic rings. The van der Waals surface area contributed by atoms with Gasteiger partial charge in [-0.2, -0.15) is 0 Å². The molecule has 1 saturated carbocycles. The second-order valence-corrected chi connectivity index (χ2v) is 4.69. The minimum Gasteiger partial charge on any atom is -0.466 e. The summed E-state index contributed by atoms with van der Waals surface area (Å²) >= 11 is 0. The van der Waals surface area contributed by atoms with Crippen molar-refractivity contribution in [2.45, 2.75) is 58.4 Å². The highest BCUT2D eigenvalue weighted by Gasteiger charge is 2.38. The Bertz CT molecular complexity index is 208. The van der Waals surface area contributed by atoms with E-state index in [2.05, 4.69) is 0 Å². The molecule has 1 unspecified atom stereocenters. The number of ether oxygens (including phenoxy) is 1. The van der Waals surface area contributed by atoms with Crippen LogP contribution in [-0.2, 0) is 9.53 Å². The fraction of sp³-hybridized carbons (Fsp3) is 0.917. The molecule has 0 aromatic carbocycles. The van der Waals surface area contributed by atoms with Crippen molar-refractivity contribution in [3.63, 3.8) is 0 Å². The Morgan fingerprint density at radius 1 is 1.40 bits per heavy atom. The summed E-state index contributed by atoms with van der Waals surface area (Å²) in [6.07, 6.45) is 6.31. The highest BCUT2D eigenvalue weighted by Crippen LogP contribution is 2.41. The molecular formula is C12H23NO2. The van der Waals surface area contributed by atoms with Gasteiger partial charge < -0.3 is 10.5 Å². The zero-order chi connectivity index (χ0) is 11.3. The van der Waals surface area contributed by atoms with Crippen molar-refractivity contribution >= 4 is 5.97 Å². The molecule has 0 aromatic heterocycles. The second-order valence-electron chi connectivity index (χ2n) is 4.69. The zero-order valence-electron chi connectivity index (χ0n) is 9.92. The van der Waals surface area contributed by atoms with E-state index in [4.69, 9.17) is 10.5 Å². The van der Waals surface area contributed by atoms with Crippen molar-refractivity contribution in [3.05, 3.63) is 0 Å². The lowest BCUT2D eigenvalue weighted by Crippen LogP contribution is -2.43. The Morgan fingerprint density at radius 2 is 2.00 bits per heavy atom. The number of carbonyl (C=O) groups is 1. The van der Waals surface area contributed by atoms with Crippen LogP contribution in [0.1, 0.15) is 52.4 Å². The van der Waals surface area contributed by atoms with Crippen LogP contribution in [-0.4, -0.2) is 18.6 Å². The summed E-state index contributed by atoms with van der Waals surface area (Å²) in [5.74, 6) is -0.0864. The van der Waals surface area contributed by atoms with Gasteiger partial charge in [0.1, 0.15) is 0 Å². The van der Waals surface area contributed by atoms with E-state index in [0.29, 0.717) is 13.0 Å². The van der Waals surface area contributed by atoms with Gasteiger partial charge in [-0.3, -0.25) is 4.79 Å². The van der Waals surface area contributed by atoms with Gasteiger partial charge in [0.05, 0.1) is 13.0 Å². The van der Waals surface area contributed by atoms with Gasteiger partial charge in [0.15, 0.2) is 0 Å². The first-order valence-electron chi connectivity index (χ1n) is 6.02. The van der Waals surface area contributed by atoms with Crippen molar-refractivity contribution in [2.24, 2.45) is 11.1 Å². The molecule has 3 heteroatoms. The number of esters is 1. The van der Waals surface area contributed by atoms with Crippen molar-refractivity contribution < 1.29 is 9.53 Å². The first-order chi connectivity index (χ1) is 7.10. The molecule has 2 N–H and O–H groups in total. The molecule has 1 atom stereocenters. The van der Waals surface area contributed by atoms with Gasteiger partial charge in [-0.1, -0.05) is 19.3 Å². The molecular weight excluding hydrogens is 190 g/mol. The summed E-state index contributed by atoms with van der Waals surface area (Å²) in [4.78, 5) is 11.5. The molecule has 1 aliphatic rings. The fourth-order valence-corrected chi connectivity index (χ4v) is 2.55. The third-order valence-electron chi connectivity index (χ3n) is 3.62. The number of nitrogens with two attached hydrogens (primary N) is 1. The Hall–Kier alpha value is -0.570. The lowest BCUT2D eigenvalue weighted by molar-refractivity contribution is -0.147. The van der Waals surface area contributed by atoms with E-state index >= 15 is 0 Å². The first kappa shape index (κ1) is 12.5. The maximum absolute atomic E-state index is 11.5. The van der Waals surface area contributed by atoms with Gasteiger partial charge in [-0.05, 0) is 32.1 Å². The molecule has 0 aliphatic heterocycles. The zero-order valence-corrected chi connectivity index (χ0v) is 9.92. The smallest absolute Gasteiger partial charge is 0.306 e. The van der Waals surface area contributed by atoms with Gasteiger partial charge in [0.25, 0.3) is 0 Å². The van der Waals surface area contributed by atoms with Crippen LogP contribution in [0.4, 0.5) is 0 Å². The third kappa shape index (κ3) is 3.20. The summed E-state index contributed by atoms with van der Waals surface area (Å²) in [5.41, 5.74) is 6.04. The van der Waals surface area contributed by atoms with Gasteiger partial charge in [-0.25, -0.2) is 0 Å². The van der Waals surface area contributed by atoms with E-state index in [0.717, 1.165) is 12.8 Å². The van der Waals surface area contributed by atoms with Crippen LogP contribution in [0.25, 0.3) is 0 Å². The molecule has 1 aliphatic carbocycles. The molecule has 3 nitrogen and oxygen atoms in total. The molecule has 0 radical (unpaired) electrons. The molecule has 1 fully saturated rings. The summed E-state index contributed by atoms with van der Waals surface area (Å²) in [6.45, 7) is 4.33. The van der Waals surface area contributed by atoms with Crippen molar-refractivity contribution in [3.8, 4) is 0 Å². The van der Waals surface area contributed by atoms with Crippen LogP contribution < -0.4 is 5.73 Å². The fourth-order valence-electron chi connectivity index (χ4n) is 2.55. The Kier molecular flexibility index (Phi) is 4.58. The summed E-state index contributed by atoms with van der Waals surface area (Å²) in [6, 6.07) is 0.0854. The highest BCUT2D eigenvalue weighted by atomic mass is 16.5. The molecule has 0 amide bonds. The second kappa shape index (κ2) is 5.50. The van der Waals surface area contributed by atoms with Gasteiger partial charge >= 0.3 is 5.97 Å². The van der Waals surface area contributed by atoms with E-state index in [1.807, 2.05) is 13.8 Å². The van der Waals surface area contributed by atoms with Crippen LogP contribution in [0, 0.1) is 5.41 Å². The Labute approximate surface area is 92.4 Å². The number of carbonyl (C=O) groups excluding carboxylic acids is 1. The molecule has 0 spiro atoms. The molecule has 0 saturated heterocycles. The number of rotatable bonds is 4. The van der Waals surface area contributed by atoms with Crippen LogP contribution in [0.3, 0.4) is 0 Å². The maximum atomic E-state index is 11.5.